The van der Waals surface area contributed by atoms with Crippen molar-refractivity contribution in [1.29, 1.82) is 5.26 Å². The Morgan fingerprint density at radius 3 is 2.26 bits per heavy atom. The Morgan fingerprint density at radius 2 is 1.59 bits per heavy atom. The molecule has 5 rings (SSSR count). The third-order valence-electron chi connectivity index (χ3n) is 7.99. The van der Waals surface area contributed by atoms with Crippen LogP contribution in [0.5, 0.6) is 0 Å². The van der Waals surface area contributed by atoms with Crippen LogP contribution in [-0.2, 0) is 19.5 Å². The largest absolute Gasteiger partial charge is 0.356 e. The van der Waals surface area contributed by atoms with E-state index in [2.05, 4.69) is 69.8 Å². The standard InChI is InChI=1S/C28H38N6/c1-3-31-15-17-34(18-16-31)27-25(19-29)24-11-12-32(20-23-7-5-4-6-8-23)21-26(24)28(30-27)33-13-9-22(2)10-14-33/h4-8,22H,3,9-18,20-21H2,1-2H3. The fourth-order valence-corrected chi connectivity index (χ4v) is 5.74. The predicted molar refractivity (Wildman–Crippen MR) is 138 cm³/mol. The number of piperazine rings is 1. The summed E-state index contributed by atoms with van der Waals surface area (Å²) in [5.41, 5.74) is 4.72. The van der Waals surface area contributed by atoms with Gasteiger partial charge >= 0.3 is 0 Å². The summed E-state index contributed by atoms with van der Waals surface area (Å²) in [5, 5.41) is 10.3. The fraction of sp³-hybridized carbons (Fsp3) is 0.571. The van der Waals surface area contributed by atoms with E-state index in [1.54, 1.807) is 0 Å². The van der Waals surface area contributed by atoms with Gasteiger partial charge in [-0.15, -0.1) is 0 Å². The Labute approximate surface area is 204 Å². The number of likely N-dealkylation sites (N-methyl/N-ethyl adjacent to an activating group) is 1. The van der Waals surface area contributed by atoms with E-state index >= 15 is 0 Å². The molecule has 1 aromatic carbocycles. The molecular weight excluding hydrogens is 420 g/mol. The number of hydrogen-bond acceptors (Lipinski definition) is 6. The van der Waals surface area contributed by atoms with Crippen molar-refractivity contribution in [2.24, 2.45) is 5.92 Å². The molecule has 0 spiro atoms. The second kappa shape index (κ2) is 10.3. The summed E-state index contributed by atoms with van der Waals surface area (Å²) < 4.78 is 0. The first kappa shape index (κ1) is 23.1. The number of rotatable bonds is 5. The van der Waals surface area contributed by atoms with Crippen LogP contribution in [0.15, 0.2) is 30.3 Å². The quantitative estimate of drug-likeness (QED) is 0.678. The number of hydrogen-bond donors (Lipinski definition) is 0. The lowest BCUT2D eigenvalue weighted by atomic mass is 9.93. The van der Waals surface area contributed by atoms with Gasteiger partial charge in [0.2, 0.25) is 0 Å². The van der Waals surface area contributed by atoms with Crippen molar-refractivity contribution in [1.82, 2.24) is 14.8 Å². The number of fused-ring (bicyclic) bond motifs is 1. The molecular formula is C28H38N6. The number of benzene rings is 1. The Bertz CT molecular complexity index is 1010. The molecule has 6 nitrogen and oxygen atoms in total. The number of nitrogens with zero attached hydrogens (tertiary/aromatic N) is 6. The van der Waals surface area contributed by atoms with E-state index in [0.29, 0.717) is 0 Å². The molecule has 0 aliphatic carbocycles. The molecule has 0 N–H and O–H groups in total. The van der Waals surface area contributed by atoms with Crippen LogP contribution < -0.4 is 9.80 Å². The monoisotopic (exact) mass is 458 g/mol. The minimum Gasteiger partial charge on any atom is -0.356 e. The summed E-state index contributed by atoms with van der Waals surface area (Å²) in [6.45, 7) is 14.6. The van der Waals surface area contributed by atoms with Gasteiger partial charge in [-0.2, -0.15) is 5.26 Å². The summed E-state index contributed by atoms with van der Waals surface area (Å²) in [6.07, 6.45) is 3.36. The van der Waals surface area contributed by atoms with Gasteiger partial charge in [0.1, 0.15) is 17.7 Å². The molecule has 2 fully saturated rings. The second-order valence-electron chi connectivity index (χ2n) is 10.2. The van der Waals surface area contributed by atoms with Crippen molar-refractivity contribution in [3.8, 4) is 6.07 Å². The van der Waals surface area contributed by atoms with E-state index in [-0.39, 0.29) is 0 Å². The summed E-state index contributed by atoms with van der Waals surface area (Å²) in [7, 11) is 0. The van der Waals surface area contributed by atoms with E-state index in [1.165, 1.54) is 29.5 Å². The third-order valence-corrected chi connectivity index (χ3v) is 7.99. The van der Waals surface area contributed by atoms with Crippen molar-refractivity contribution < 1.29 is 0 Å². The van der Waals surface area contributed by atoms with E-state index in [4.69, 9.17) is 4.98 Å². The zero-order chi connectivity index (χ0) is 23.5. The van der Waals surface area contributed by atoms with Gasteiger partial charge in [-0.05, 0) is 42.9 Å². The molecule has 34 heavy (non-hydrogen) atoms. The highest BCUT2D eigenvalue weighted by Gasteiger charge is 2.31. The lowest BCUT2D eigenvalue weighted by Gasteiger charge is -2.39. The van der Waals surface area contributed by atoms with Crippen LogP contribution in [0, 0.1) is 17.2 Å². The van der Waals surface area contributed by atoms with Gasteiger partial charge < -0.3 is 14.7 Å². The molecule has 0 atom stereocenters. The normalized spacial score (nSPS) is 20.3. The van der Waals surface area contributed by atoms with Crippen molar-refractivity contribution in [3.63, 3.8) is 0 Å². The third kappa shape index (κ3) is 4.78. The summed E-state index contributed by atoms with van der Waals surface area (Å²) in [5.74, 6) is 2.86. The van der Waals surface area contributed by atoms with Gasteiger partial charge in [-0.3, -0.25) is 4.90 Å². The van der Waals surface area contributed by atoms with Crippen LogP contribution in [0.3, 0.4) is 0 Å². The zero-order valence-corrected chi connectivity index (χ0v) is 20.8. The molecule has 3 aliphatic heterocycles. The number of piperidine rings is 1. The highest BCUT2D eigenvalue weighted by Crippen LogP contribution is 2.37. The molecule has 2 aromatic rings. The van der Waals surface area contributed by atoms with Crippen molar-refractivity contribution in [2.75, 3.05) is 62.2 Å². The van der Waals surface area contributed by atoms with E-state index < -0.39 is 0 Å². The van der Waals surface area contributed by atoms with Crippen molar-refractivity contribution in [2.45, 2.75) is 46.2 Å². The Morgan fingerprint density at radius 1 is 0.882 bits per heavy atom. The molecule has 4 heterocycles. The van der Waals surface area contributed by atoms with Crippen molar-refractivity contribution in [3.05, 3.63) is 52.6 Å². The topological polar surface area (TPSA) is 49.6 Å². The van der Waals surface area contributed by atoms with Crippen LogP contribution in [0.1, 0.15) is 48.9 Å². The number of pyridine rings is 1. The van der Waals surface area contributed by atoms with E-state index in [9.17, 15) is 5.26 Å². The fourth-order valence-electron chi connectivity index (χ4n) is 5.74. The molecule has 2 saturated heterocycles. The maximum absolute atomic E-state index is 10.3. The van der Waals surface area contributed by atoms with Crippen LogP contribution in [-0.4, -0.2) is 67.1 Å². The van der Waals surface area contributed by atoms with Crippen LogP contribution >= 0.6 is 0 Å². The van der Waals surface area contributed by atoms with Crippen LogP contribution in [0.25, 0.3) is 0 Å². The zero-order valence-electron chi connectivity index (χ0n) is 20.8. The van der Waals surface area contributed by atoms with Gasteiger partial charge in [0.25, 0.3) is 0 Å². The maximum atomic E-state index is 10.3. The predicted octanol–water partition coefficient (Wildman–Crippen LogP) is 3.89. The number of nitriles is 1. The van der Waals surface area contributed by atoms with E-state index in [0.717, 1.165) is 95.0 Å². The minimum absolute atomic E-state index is 0.779. The molecule has 6 heteroatoms. The summed E-state index contributed by atoms with van der Waals surface area (Å²) >= 11 is 0. The van der Waals surface area contributed by atoms with Gasteiger partial charge in [-0.25, -0.2) is 4.98 Å². The first-order valence-corrected chi connectivity index (χ1v) is 13.1. The van der Waals surface area contributed by atoms with Crippen LogP contribution in [0.2, 0.25) is 0 Å². The Balaban J connectivity index is 1.50. The molecule has 0 radical (unpaired) electrons. The lowest BCUT2D eigenvalue weighted by Crippen LogP contribution is -2.47. The first-order chi connectivity index (χ1) is 16.7. The molecule has 180 valence electrons. The molecule has 1 aromatic heterocycles. The second-order valence-corrected chi connectivity index (χ2v) is 10.2. The highest BCUT2D eigenvalue weighted by molar-refractivity contribution is 5.68. The smallest absolute Gasteiger partial charge is 0.149 e. The Kier molecular flexibility index (Phi) is 7.03. The van der Waals surface area contributed by atoms with Crippen molar-refractivity contribution >= 4 is 11.6 Å². The first-order valence-electron chi connectivity index (χ1n) is 13.1. The highest BCUT2D eigenvalue weighted by atomic mass is 15.3. The number of anilines is 2. The Hall–Kier alpha value is -2.62. The minimum atomic E-state index is 0.779. The summed E-state index contributed by atoms with van der Waals surface area (Å²) in [4.78, 5) is 15.2. The number of aromatic nitrogens is 1. The molecule has 0 amide bonds. The molecule has 0 unspecified atom stereocenters. The van der Waals surface area contributed by atoms with Gasteiger partial charge in [0.05, 0.1) is 5.56 Å². The van der Waals surface area contributed by atoms with Gasteiger partial charge in [-0.1, -0.05) is 44.2 Å². The molecule has 0 saturated carbocycles. The SMILES string of the molecule is CCN1CCN(c2nc(N3CCC(C)CC3)c3c(c2C#N)CCN(Cc2ccccc2)C3)CC1. The summed E-state index contributed by atoms with van der Waals surface area (Å²) in [6, 6.07) is 13.3. The van der Waals surface area contributed by atoms with Gasteiger partial charge in [0, 0.05) is 64.5 Å². The molecule has 3 aliphatic rings. The van der Waals surface area contributed by atoms with Crippen LogP contribution in [0.4, 0.5) is 11.6 Å². The average Bonchev–Trinajstić information content (AvgIpc) is 2.89. The average molecular weight is 459 g/mol. The van der Waals surface area contributed by atoms with E-state index in [1.807, 2.05) is 0 Å². The molecule has 0 bridgehead atoms. The van der Waals surface area contributed by atoms with Gasteiger partial charge in [0.15, 0.2) is 0 Å². The lowest BCUT2D eigenvalue weighted by molar-refractivity contribution is 0.244. The maximum Gasteiger partial charge on any atom is 0.149 e.